The highest BCUT2D eigenvalue weighted by Gasteiger charge is 2.21. The number of nitrogens with zero attached hydrogens (tertiary/aromatic N) is 4. The monoisotopic (exact) mass is 544 g/mol. The van der Waals surface area contributed by atoms with Crippen LogP contribution in [-0.2, 0) is 13.1 Å². The molecule has 0 spiro atoms. The minimum Gasteiger partial charge on any atom is -0.507 e. The number of benzene rings is 2. The van der Waals surface area contributed by atoms with Crippen LogP contribution in [0.1, 0.15) is 97.6 Å². The molecule has 0 unspecified atom stereocenters. The van der Waals surface area contributed by atoms with Gasteiger partial charge in [-0.1, -0.05) is 50.7 Å². The molecular formula is C34H48N4O2. The van der Waals surface area contributed by atoms with Crippen molar-refractivity contribution >= 4 is 12.4 Å². The van der Waals surface area contributed by atoms with Gasteiger partial charge in [-0.05, 0) is 62.8 Å². The van der Waals surface area contributed by atoms with Crippen molar-refractivity contribution in [2.75, 3.05) is 26.2 Å². The van der Waals surface area contributed by atoms with Crippen LogP contribution in [0.5, 0.6) is 11.5 Å². The number of rotatable bonds is 8. The minimum absolute atomic E-state index is 0.375. The summed E-state index contributed by atoms with van der Waals surface area (Å²) in [5.74, 6) is 0.749. The fraction of sp³-hybridized carbons (Fsp3) is 0.588. The van der Waals surface area contributed by atoms with Gasteiger partial charge in [-0.2, -0.15) is 0 Å². The molecule has 1 saturated heterocycles. The predicted molar refractivity (Wildman–Crippen MR) is 165 cm³/mol. The summed E-state index contributed by atoms with van der Waals surface area (Å²) >= 11 is 0. The molecule has 40 heavy (non-hydrogen) atoms. The number of aromatic hydroxyl groups is 2. The summed E-state index contributed by atoms with van der Waals surface area (Å²) in [6.07, 6.45) is 16.2. The van der Waals surface area contributed by atoms with Crippen molar-refractivity contribution in [1.29, 1.82) is 0 Å². The minimum atomic E-state index is 0.375. The summed E-state index contributed by atoms with van der Waals surface area (Å²) in [7, 11) is 0. The first-order valence-electron chi connectivity index (χ1n) is 15.6. The van der Waals surface area contributed by atoms with Crippen LogP contribution < -0.4 is 0 Å². The van der Waals surface area contributed by atoms with E-state index < -0.39 is 0 Å². The molecule has 3 fully saturated rings. The topological polar surface area (TPSA) is 71.7 Å². The number of aliphatic imine (C=N–C) groups is 2. The Kier molecular flexibility index (Phi) is 9.92. The number of aryl methyl sites for hydroxylation is 2. The number of phenols is 2. The van der Waals surface area contributed by atoms with Crippen LogP contribution >= 0.6 is 0 Å². The molecule has 0 atom stereocenters. The second-order valence-corrected chi connectivity index (χ2v) is 12.4. The summed E-state index contributed by atoms with van der Waals surface area (Å²) in [4.78, 5) is 14.5. The molecule has 0 aromatic heterocycles. The molecular weight excluding hydrogens is 496 g/mol. The van der Waals surface area contributed by atoms with Crippen molar-refractivity contribution in [3.63, 3.8) is 0 Å². The van der Waals surface area contributed by atoms with Crippen molar-refractivity contribution in [3.8, 4) is 11.5 Å². The van der Waals surface area contributed by atoms with Crippen molar-refractivity contribution in [2.45, 2.75) is 103 Å². The highest BCUT2D eigenvalue weighted by atomic mass is 16.3. The van der Waals surface area contributed by atoms with E-state index in [-0.39, 0.29) is 0 Å². The van der Waals surface area contributed by atoms with Gasteiger partial charge >= 0.3 is 0 Å². The van der Waals surface area contributed by atoms with Gasteiger partial charge in [0.2, 0.25) is 0 Å². The van der Waals surface area contributed by atoms with E-state index in [1.807, 2.05) is 24.6 Å². The fourth-order valence-corrected chi connectivity index (χ4v) is 6.62. The maximum atomic E-state index is 11.1. The molecule has 2 aliphatic carbocycles. The van der Waals surface area contributed by atoms with Crippen LogP contribution in [0.3, 0.4) is 0 Å². The first kappa shape index (κ1) is 28.8. The van der Waals surface area contributed by atoms with E-state index in [0.29, 0.717) is 23.6 Å². The number of phenolic OH excluding ortho intramolecular Hbond substituents is 2. The SMILES string of the molecule is Cc1cc(C=NC2CCCCC2)c(O)c(CN2CCN(Cc3cc(C)cc(C=NC4CCCCC4)c3O)CC2)c1. The molecule has 216 valence electrons. The van der Waals surface area contributed by atoms with Crippen molar-refractivity contribution in [2.24, 2.45) is 9.98 Å². The predicted octanol–water partition coefficient (Wildman–Crippen LogP) is 6.54. The van der Waals surface area contributed by atoms with E-state index in [0.717, 1.165) is 98.3 Å². The summed E-state index contributed by atoms with van der Waals surface area (Å²) in [5, 5.41) is 22.1. The van der Waals surface area contributed by atoms with E-state index in [1.54, 1.807) is 0 Å². The Morgan fingerprint density at radius 1 is 0.625 bits per heavy atom. The number of hydrogen-bond acceptors (Lipinski definition) is 6. The van der Waals surface area contributed by atoms with Crippen LogP contribution in [0.15, 0.2) is 34.3 Å². The van der Waals surface area contributed by atoms with Gasteiger partial charge in [0.05, 0.1) is 0 Å². The van der Waals surface area contributed by atoms with Gasteiger partial charge in [0.1, 0.15) is 11.5 Å². The molecule has 2 aromatic carbocycles. The number of hydrogen-bond donors (Lipinski definition) is 2. The highest BCUT2D eigenvalue weighted by molar-refractivity contribution is 5.85. The second kappa shape index (κ2) is 13.8. The van der Waals surface area contributed by atoms with Crippen LogP contribution in [0.4, 0.5) is 0 Å². The van der Waals surface area contributed by atoms with Gasteiger partial charge in [0, 0.05) is 86.0 Å². The summed E-state index contributed by atoms with van der Waals surface area (Å²) in [5.41, 5.74) is 5.98. The molecule has 6 heteroatoms. The Morgan fingerprint density at radius 3 is 1.38 bits per heavy atom. The third-order valence-electron chi connectivity index (χ3n) is 8.98. The molecule has 0 amide bonds. The summed E-state index contributed by atoms with van der Waals surface area (Å²) in [6.45, 7) is 9.40. The van der Waals surface area contributed by atoms with Crippen LogP contribution in [0, 0.1) is 13.8 Å². The Hall–Kier alpha value is -2.70. The Labute approximate surface area is 240 Å². The normalized spacial score (nSPS) is 20.6. The molecule has 6 nitrogen and oxygen atoms in total. The largest absolute Gasteiger partial charge is 0.507 e. The second-order valence-electron chi connectivity index (χ2n) is 12.4. The lowest BCUT2D eigenvalue weighted by atomic mass is 9.96. The van der Waals surface area contributed by atoms with Crippen molar-refractivity contribution < 1.29 is 10.2 Å². The molecule has 0 bridgehead atoms. The zero-order valence-electron chi connectivity index (χ0n) is 24.6. The molecule has 2 saturated carbocycles. The van der Waals surface area contributed by atoms with E-state index in [1.165, 1.54) is 38.5 Å². The Morgan fingerprint density at radius 2 is 1.00 bits per heavy atom. The van der Waals surface area contributed by atoms with Crippen molar-refractivity contribution in [3.05, 3.63) is 57.6 Å². The maximum absolute atomic E-state index is 11.1. The highest BCUT2D eigenvalue weighted by Crippen LogP contribution is 2.29. The molecule has 1 aliphatic heterocycles. The van der Waals surface area contributed by atoms with Gasteiger partial charge in [-0.25, -0.2) is 0 Å². The lowest BCUT2D eigenvalue weighted by molar-refractivity contribution is 0.120. The first-order valence-corrected chi connectivity index (χ1v) is 15.6. The van der Waals surface area contributed by atoms with Crippen LogP contribution in [0.2, 0.25) is 0 Å². The molecule has 2 aromatic rings. The van der Waals surface area contributed by atoms with Gasteiger partial charge in [0.25, 0.3) is 0 Å². The van der Waals surface area contributed by atoms with Crippen LogP contribution in [-0.4, -0.2) is 70.7 Å². The smallest absolute Gasteiger partial charge is 0.128 e. The third kappa shape index (κ3) is 7.73. The van der Waals surface area contributed by atoms with E-state index >= 15 is 0 Å². The standard InChI is InChI=1S/C34H48N4O2/c1-25-17-27(21-35-31-9-5-3-6-10-31)33(39)29(19-25)23-37-13-15-38(16-14-37)24-30-20-26(2)18-28(34(30)40)22-36-32-11-7-4-8-12-32/h17-22,31-32,39-40H,3-16,23-24H2,1-2H3. The lowest BCUT2D eigenvalue weighted by Gasteiger charge is -2.35. The van der Waals surface area contributed by atoms with Gasteiger partial charge in [0.15, 0.2) is 0 Å². The molecule has 2 N–H and O–H groups in total. The lowest BCUT2D eigenvalue weighted by Crippen LogP contribution is -2.45. The molecule has 5 rings (SSSR count). The zero-order chi connectivity index (χ0) is 27.9. The maximum Gasteiger partial charge on any atom is 0.128 e. The average molecular weight is 545 g/mol. The zero-order valence-corrected chi connectivity index (χ0v) is 24.6. The fourth-order valence-electron chi connectivity index (χ4n) is 6.62. The third-order valence-corrected chi connectivity index (χ3v) is 8.98. The van der Waals surface area contributed by atoms with E-state index in [4.69, 9.17) is 9.98 Å². The first-order chi connectivity index (χ1) is 19.4. The van der Waals surface area contributed by atoms with Crippen LogP contribution in [0.25, 0.3) is 0 Å². The molecule has 0 radical (unpaired) electrons. The van der Waals surface area contributed by atoms with Gasteiger partial charge in [-0.3, -0.25) is 19.8 Å². The van der Waals surface area contributed by atoms with Gasteiger partial charge in [-0.15, -0.1) is 0 Å². The molecule has 3 aliphatic rings. The Bertz CT molecular complexity index is 1090. The van der Waals surface area contributed by atoms with E-state index in [9.17, 15) is 10.2 Å². The summed E-state index contributed by atoms with van der Waals surface area (Å²) < 4.78 is 0. The van der Waals surface area contributed by atoms with Crippen molar-refractivity contribution in [1.82, 2.24) is 9.80 Å². The number of piperazine rings is 1. The Balaban J connectivity index is 1.17. The van der Waals surface area contributed by atoms with E-state index in [2.05, 4.69) is 35.8 Å². The average Bonchev–Trinajstić information content (AvgIpc) is 2.97. The quantitative estimate of drug-likeness (QED) is 0.371. The summed E-state index contributed by atoms with van der Waals surface area (Å²) in [6, 6.07) is 9.12. The van der Waals surface area contributed by atoms with Gasteiger partial charge < -0.3 is 10.2 Å². The molecule has 1 heterocycles.